The van der Waals surface area contributed by atoms with Crippen LogP contribution in [-0.2, 0) is 4.74 Å². The number of amides is 2. The Balaban J connectivity index is 1.41. The van der Waals surface area contributed by atoms with E-state index in [-0.39, 0.29) is 18.0 Å². The molecule has 4 heterocycles. The van der Waals surface area contributed by atoms with E-state index in [1.165, 1.54) is 0 Å². The minimum absolute atomic E-state index is 0.105. The highest BCUT2D eigenvalue weighted by Crippen LogP contribution is 2.30. The normalized spacial score (nSPS) is 16.1. The van der Waals surface area contributed by atoms with Crippen molar-refractivity contribution in [1.29, 1.82) is 0 Å². The summed E-state index contributed by atoms with van der Waals surface area (Å²) in [5.74, 6) is -0.105. The highest BCUT2D eigenvalue weighted by Gasteiger charge is 2.31. The Kier molecular flexibility index (Phi) is 6.49. The number of pyridine rings is 2. The number of nitrogens with one attached hydrogen (secondary N) is 1. The number of hydrogen-bond donors (Lipinski definition) is 1. The van der Waals surface area contributed by atoms with Crippen LogP contribution in [0.1, 0.15) is 36.3 Å². The quantitative estimate of drug-likeness (QED) is 0.425. The summed E-state index contributed by atoms with van der Waals surface area (Å²) in [6.45, 7) is 7.52. The lowest BCUT2D eigenvalue weighted by atomic mass is 10.1. The van der Waals surface area contributed by atoms with Gasteiger partial charge in [0, 0.05) is 59.5 Å². The van der Waals surface area contributed by atoms with Gasteiger partial charge < -0.3 is 14.5 Å². The summed E-state index contributed by atoms with van der Waals surface area (Å²) in [4.78, 5) is 38.3. The van der Waals surface area contributed by atoms with Gasteiger partial charge in [-0.1, -0.05) is 24.6 Å². The third-order valence-corrected chi connectivity index (χ3v) is 6.79. The fraction of sp³-hybridized carbons (Fsp3) is 0.346. The van der Waals surface area contributed by atoms with E-state index in [0.29, 0.717) is 53.7 Å². The van der Waals surface area contributed by atoms with Gasteiger partial charge in [-0.15, -0.1) is 0 Å². The van der Waals surface area contributed by atoms with E-state index >= 15 is 0 Å². The molecule has 0 radical (unpaired) electrons. The number of benzene rings is 1. The van der Waals surface area contributed by atoms with Crippen molar-refractivity contribution in [2.75, 3.05) is 26.2 Å². The summed E-state index contributed by atoms with van der Waals surface area (Å²) in [5.41, 5.74) is 4.20. The monoisotopic (exact) mass is 506 g/mol. The molecule has 5 rings (SSSR count). The van der Waals surface area contributed by atoms with Gasteiger partial charge in [0.05, 0.1) is 22.8 Å². The summed E-state index contributed by atoms with van der Waals surface area (Å²) < 4.78 is 5.25. The van der Waals surface area contributed by atoms with Crippen LogP contribution in [0.5, 0.6) is 0 Å². The number of aromatic amines is 1. The van der Waals surface area contributed by atoms with Crippen LogP contribution in [0.2, 0.25) is 5.02 Å². The predicted octanol–water partition coefficient (Wildman–Crippen LogP) is 4.83. The summed E-state index contributed by atoms with van der Waals surface area (Å²) in [6.07, 6.45) is 2.16. The van der Waals surface area contributed by atoms with E-state index in [9.17, 15) is 9.59 Å². The number of carbonyl (C=O) groups excluding carboxylic acids is 2. The second-order valence-corrected chi connectivity index (χ2v) is 9.48. The smallest absolute Gasteiger partial charge is 0.409 e. The molecule has 1 aromatic carbocycles. The molecule has 3 aromatic heterocycles. The standard InChI is InChI=1S/C26H27ClN6O3/c1-4-9-36-26(35)32-7-8-33(15(2)14-32)25(34)17-5-6-19-21(27)12-22(29-23(19)11-17)18-10-20-16(3)30-31-24(20)28-13-18/h5-6,10-13,15H,4,7-9,14H2,1-3H3,(H,28,30,31). The molecule has 1 fully saturated rings. The van der Waals surface area contributed by atoms with Crippen LogP contribution in [0.15, 0.2) is 36.5 Å². The van der Waals surface area contributed by atoms with Crippen molar-refractivity contribution < 1.29 is 14.3 Å². The lowest BCUT2D eigenvalue weighted by Crippen LogP contribution is -2.55. The number of piperazine rings is 1. The highest BCUT2D eigenvalue weighted by molar-refractivity contribution is 6.35. The Morgan fingerprint density at radius 2 is 2.03 bits per heavy atom. The molecule has 1 aliphatic heterocycles. The predicted molar refractivity (Wildman–Crippen MR) is 138 cm³/mol. The largest absolute Gasteiger partial charge is 0.449 e. The maximum Gasteiger partial charge on any atom is 0.409 e. The number of aryl methyl sites for hydroxylation is 1. The number of H-pyrrole nitrogens is 1. The van der Waals surface area contributed by atoms with Crippen molar-refractivity contribution in [1.82, 2.24) is 30.0 Å². The van der Waals surface area contributed by atoms with Gasteiger partial charge in [0.2, 0.25) is 0 Å². The first-order chi connectivity index (χ1) is 17.4. The molecule has 4 aromatic rings. The van der Waals surface area contributed by atoms with E-state index in [1.54, 1.807) is 28.1 Å². The van der Waals surface area contributed by atoms with Crippen molar-refractivity contribution in [3.8, 4) is 11.3 Å². The molecule has 1 aliphatic rings. The zero-order valence-corrected chi connectivity index (χ0v) is 21.2. The highest BCUT2D eigenvalue weighted by atomic mass is 35.5. The van der Waals surface area contributed by atoms with E-state index in [2.05, 4.69) is 15.2 Å². The van der Waals surface area contributed by atoms with Crippen molar-refractivity contribution in [2.24, 2.45) is 0 Å². The molecule has 2 amide bonds. The van der Waals surface area contributed by atoms with Crippen LogP contribution in [0.4, 0.5) is 4.79 Å². The number of rotatable bonds is 4. The first-order valence-electron chi connectivity index (χ1n) is 12.0. The van der Waals surface area contributed by atoms with Gasteiger partial charge in [0.15, 0.2) is 5.65 Å². The van der Waals surface area contributed by atoms with E-state index in [1.807, 2.05) is 39.0 Å². The van der Waals surface area contributed by atoms with E-state index < -0.39 is 0 Å². The van der Waals surface area contributed by atoms with Crippen LogP contribution >= 0.6 is 11.6 Å². The minimum Gasteiger partial charge on any atom is -0.449 e. The molecule has 1 N–H and O–H groups in total. The van der Waals surface area contributed by atoms with Gasteiger partial charge in [-0.05, 0) is 44.5 Å². The van der Waals surface area contributed by atoms with Gasteiger partial charge in [-0.25, -0.2) is 14.8 Å². The molecule has 0 bridgehead atoms. The number of aromatic nitrogens is 4. The van der Waals surface area contributed by atoms with Crippen LogP contribution in [-0.4, -0.2) is 74.2 Å². The molecular formula is C26H27ClN6O3. The number of ether oxygens (including phenoxy) is 1. The van der Waals surface area contributed by atoms with Crippen LogP contribution in [0, 0.1) is 6.92 Å². The summed E-state index contributed by atoms with van der Waals surface area (Å²) >= 11 is 6.60. The molecule has 0 spiro atoms. The lowest BCUT2D eigenvalue weighted by Gasteiger charge is -2.39. The molecule has 1 atom stereocenters. The zero-order chi connectivity index (χ0) is 25.4. The number of carbonyl (C=O) groups is 2. The second kappa shape index (κ2) is 9.73. The van der Waals surface area contributed by atoms with Crippen LogP contribution in [0.3, 0.4) is 0 Å². The Morgan fingerprint density at radius 1 is 1.19 bits per heavy atom. The fourth-order valence-electron chi connectivity index (χ4n) is 4.50. The zero-order valence-electron chi connectivity index (χ0n) is 20.4. The third kappa shape index (κ3) is 4.46. The topological polar surface area (TPSA) is 104 Å². The lowest BCUT2D eigenvalue weighted by molar-refractivity contribution is 0.0414. The van der Waals surface area contributed by atoms with Gasteiger partial charge in [0.1, 0.15) is 0 Å². The van der Waals surface area contributed by atoms with Crippen molar-refractivity contribution >= 4 is 45.5 Å². The maximum atomic E-state index is 13.4. The Morgan fingerprint density at radius 3 is 2.81 bits per heavy atom. The third-order valence-electron chi connectivity index (χ3n) is 6.48. The van der Waals surface area contributed by atoms with Crippen LogP contribution < -0.4 is 0 Å². The maximum absolute atomic E-state index is 13.4. The molecule has 1 unspecified atom stereocenters. The summed E-state index contributed by atoms with van der Waals surface area (Å²) in [7, 11) is 0. The summed E-state index contributed by atoms with van der Waals surface area (Å²) in [5, 5.41) is 9.35. The molecule has 9 nitrogen and oxygen atoms in total. The molecule has 0 saturated carbocycles. The first-order valence-corrected chi connectivity index (χ1v) is 12.4. The minimum atomic E-state index is -0.328. The molecule has 186 valence electrons. The molecular weight excluding hydrogens is 480 g/mol. The van der Waals surface area contributed by atoms with Crippen molar-refractivity contribution in [3.63, 3.8) is 0 Å². The SMILES string of the molecule is CCCOC(=O)N1CCN(C(=O)c2ccc3c(Cl)cc(-c4cnc5n[nH]c(C)c5c4)nc3c2)C(C)C1. The van der Waals surface area contributed by atoms with Gasteiger partial charge >= 0.3 is 6.09 Å². The number of nitrogens with zero attached hydrogens (tertiary/aromatic N) is 5. The molecule has 0 aliphatic carbocycles. The van der Waals surface area contributed by atoms with Gasteiger partial charge in [-0.3, -0.25) is 9.89 Å². The second-order valence-electron chi connectivity index (χ2n) is 9.07. The van der Waals surface area contributed by atoms with E-state index in [4.69, 9.17) is 21.3 Å². The van der Waals surface area contributed by atoms with E-state index in [0.717, 1.165) is 28.5 Å². The Labute approximate surface area is 213 Å². The number of fused-ring (bicyclic) bond motifs is 2. The number of halogens is 1. The van der Waals surface area contributed by atoms with Gasteiger partial charge in [0.25, 0.3) is 5.91 Å². The first kappa shape index (κ1) is 24.0. The van der Waals surface area contributed by atoms with Crippen molar-refractivity contribution in [3.05, 3.63) is 52.8 Å². The average Bonchev–Trinajstić information content (AvgIpc) is 3.26. The van der Waals surface area contributed by atoms with Crippen LogP contribution in [0.25, 0.3) is 33.2 Å². The molecule has 10 heteroatoms. The Bertz CT molecular complexity index is 1470. The molecule has 36 heavy (non-hydrogen) atoms. The Hall–Kier alpha value is -3.72. The number of hydrogen-bond acceptors (Lipinski definition) is 6. The molecule has 1 saturated heterocycles. The van der Waals surface area contributed by atoms with Crippen molar-refractivity contribution in [2.45, 2.75) is 33.2 Å². The average molecular weight is 507 g/mol. The van der Waals surface area contributed by atoms with Gasteiger partial charge in [-0.2, -0.15) is 5.10 Å². The summed E-state index contributed by atoms with van der Waals surface area (Å²) in [6, 6.07) is 9.02. The fourth-order valence-corrected chi connectivity index (χ4v) is 4.76.